The summed E-state index contributed by atoms with van der Waals surface area (Å²) in [5.41, 5.74) is 15.5. The molecule has 0 saturated heterocycles. The predicted octanol–water partition coefficient (Wildman–Crippen LogP) is 12.0. The van der Waals surface area contributed by atoms with Crippen LogP contribution in [-0.4, -0.2) is 4.98 Å². The summed E-state index contributed by atoms with van der Waals surface area (Å²) >= 11 is 0. The number of hydrogen-bond donors (Lipinski definition) is 0. The van der Waals surface area contributed by atoms with Crippen LogP contribution in [0.5, 0.6) is 0 Å². The first-order valence-electron chi connectivity index (χ1n) is 15.0. The van der Waals surface area contributed by atoms with E-state index in [4.69, 9.17) is 4.98 Å². The van der Waals surface area contributed by atoms with Crippen molar-refractivity contribution in [2.75, 3.05) is 0 Å². The molecule has 43 heavy (non-hydrogen) atoms. The lowest BCUT2D eigenvalue weighted by molar-refractivity contribution is 1.32. The molecule has 6 aromatic rings. The molecular weight excluding hydrogens is 518 g/mol. The second-order valence-corrected chi connectivity index (χ2v) is 11.5. The van der Waals surface area contributed by atoms with E-state index in [0.29, 0.717) is 0 Å². The van der Waals surface area contributed by atoms with Gasteiger partial charge in [0.15, 0.2) is 0 Å². The standard InChI is InChI=1S/C42H37N/c1-6-14-37-29(4)30(5)39(23-28(2)3)40-25-35(21-22-38(37)40)33-19-13-20-34(24-33)36-26-41(31-15-9-7-10-16-31)43-42(27-36)32-17-11-8-12-18-32/h6-27H,1-5H3. The third-order valence-electron chi connectivity index (χ3n) is 8.23. The van der Waals surface area contributed by atoms with Crippen LogP contribution < -0.4 is 0 Å². The third kappa shape index (κ3) is 5.72. The normalized spacial score (nSPS) is 11.3. The van der Waals surface area contributed by atoms with Crippen LogP contribution in [0.3, 0.4) is 0 Å². The van der Waals surface area contributed by atoms with Crippen molar-refractivity contribution in [3.05, 3.63) is 149 Å². The van der Waals surface area contributed by atoms with Crippen molar-refractivity contribution in [2.45, 2.75) is 34.6 Å². The van der Waals surface area contributed by atoms with Gasteiger partial charge in [0, 0.05) is 11.1 Å². The van der Waals surface area contributed by atoms with E-state index in [1.807, 2.05) is 12.1 Å². The van der Waals surface area contributed by atoms with E-state index in [9.17, 15) is 0 Å². The van der Waals surface area contributed by atoms with Crippen LogP contribution in [0.2, 0.25) is 0 Å². The van der Waals surface area contributed by atoms with Gasteiger partial charge in [0.1, 0.15) is 0 Å². The van der Waals surface area contributed by atoms with Crippen molar-refractivity contribution < 1.29 is 0 Å². The molecule has 1 heterocycles. The highest BCUT2D eigenvalue weighted by atomic mass is 14.7. The van der Waals surface area contributed by atoms with Crippen molar-refractivity contribution in [3.63, 3.8) is 0 Å². The predicted molar refractivity (Wildman–Crippen MR) is 187 cm³/mol. The Kier molecular flexibility index (Phi) is 7.90. The fourth-order valence-corrected chi connectivity index (χ4v) is 5.93. The second-order valence-electron chi connectivity index (χ2n) is 11.5. The first-order chi connectivity index (χ1) is 20.9. The van der Waals surface area contributed by atoms with Crippen LogP contribution in [0, 0.1) is 13.8 Å². The zero-order chi connectivity index (χ0) is 29.9. The average molecular weight is 556 g/mol. The first kappa shape index (κ1) is 28.1. The molecule has 0 spiro atoms. The van der Waals surface area contributed by atoms with Gasteiger partial charge >= 0.3 is 0 Å². The third-order valence-corrected chi connectivity index (χ3v) is 8.23. The highest BCUT2D eigenvalue weighted by Crippen LogP contribution is 2.37. The fraction of sp³-hybridized carbons (Fsp3) is 0.119. The molecule has 0 saturated carbocycles. The van der Waals surface area contributed by atoms with Gasteiger partial charge in [-0.1, -0.05) is 115 Å². The van der Waals surface area contributed by atoms with Crippen LogP contribution in [0.1, 0.15) is 43.0 Å². The van der Waals surface area contributed by atoms with E-state index in [-0.39, 0.29) is 0 Å². The summed E-state index contributed by atoms with van der Waals surface area (Å²) in [5, 5.41) is 2.59. The monoisotopic (exact) mass is 555 g/mol. The Labute approximate surface area is 255 Å². The molecule has 0 aliphatic heterocycles. The Morgan fingerprint density at radius 1 is 0.512 bits per heavy atom. The van der Waals surface area contributed by atoms with Crippen LogP contribution >= 0.6 is 0 Å². The highest BCUT2D eigenvalue weighted by molar-refractivity contribution is 6.01. The maximum atomic E-state index is 5.08. The van der Waals surface area contributed by atoms with E-state index < -0.39 is 0 Å². The van der Waals surface area contributed by atoms with Crippen molar-refractivity contribution in [1.82, 2.24) is 4.98 Å². The Morgan fingerprint density at radius 3 is 1.63 bits per heavy atom. The quantitative estimate of drug-likeness (QED) is 0.199. The molecule has 0 atom stereocenters. The summed E-state index contributed by atoms with van der Waals surface area (Å²) in [6.45, 7) is 10.9. The van der Waals surface area contributed by atoms with Crippen molar-refractivity contribution >= 4 is 22.9 Å². The second kappa shape index (κ2) is 12.1. The van der Waals surface area contributed by atoms with E-state index in [1.165, 1.54) is 55.3 Å². The molecule has 0 unspecified atom stereocenters. The first-order valence-corrected chi connectivity index (χ1v) is 15.0. The van der Waals surface area contributed by atoms with Crippen LogP contribution in [0.15, 0.2) is 127 Å². The number of pyridine rings is 1. The van der Waals surface area contributed by atoms with Gasteiger partial charge in [0.05, 0.1) is 11.4 Å². The summed E-state index contributed by atoms with van der Waals surface area (Å²) < 4.78 is 0. The maximum Gasteiger partial charge on any atom is 0.0715 e. The van der Waals surface area contributed by atoms with Crippen molar-refractivity contribution in [3.8, 4) is 44.8 Å². The SMILES string of the molecule is CC=Cc1c(C)c(C)c(C=C(C)C)c2cc(-c3cccc(-c4cc(-c5ccccc5)nc(-c5ccccc5)c4)c3)ccc12. The van der Waals surface area contributed by atoms with Crippen molar-refractivity contribution in [1.29, 1.82) is 0 Å². The van der Waals surface area contributed by atoms with Crippen LogP contribution in [0.25, 0.3) is 67.7 Å². The summed E-state index contributed by atoms with van der Waals surface area (Å²) in [4.78, 5) is 5.08. The largest absolute Gasteiger partial charge is 0.248 e. The van der Waals surface area contributed by atoms with Gasteiger partial charge < -0.3 is 0 Å². The molecule has 0 radical (unpaired) electrons. The van der Waals surface area contributed by atoms with E-state index in [0.717, 1.165) is 28.1 Å². The topological polar surface area (TPSA) is 12.9 Å². The zero-order valence-electron chi connectivity index (χ0n) is 25.6. The highest BCUT2D eigenvalue weighted by Gasteiger charge is 2.14. The van der Waals surface area contributed by atoms with Gasteiger partial charge in [-0.2, -0.15) is 0 Å². The lowest BCUT2D eigenvalue weighted by atomic mass is 9.87. The number of nitrogens with zero attached hydrogens (tertiary/aromatic N) is 1. The molecule has 1 heteroatoms. The Morgan fingerprint density at radius 2 is 1.05 bits per heavy atom. The van der Waals surface area contributed by atoms with E-state index in [1.54, 1.807) is 0 Å². The number of allylic oxidation sites excluding steroid dienone is 2. The van der Waals surface area contributed by atoms with Gasteiger partial charge in [0.2, 0.25) is 0 Å². The molecule has 0 N–H and O–H groups in total. The number of aromatic nitrogens is 1. The molecule has 0 fully saturated rings. The molecule has 1 aromatic heterocycles. The molecule has 0 amide bonds. The minimum absolute atomic E-state index is 0.974. The molecule has 6 rings (SSSR count). The summed E-state index contributed by atoms with van der Waals surface area (Å²) in [6.07, 6.45) is 6.72. The lowest BCUT2D eigenvalue weighted by Crippen LogP contribution is -1.95. The van der Waals surface area contributed by atoms with E-state index >= 15 is 0 Å². The number of benzene rings is 5. The summed E-state index contributed by atoms with van der Waals surface area (Å²) in [7, 11) is 0. The molecule has 210 valence electrons. The lowest BCUT2D eigenvalue weighted by Gasteiger charge is -2.17. The number of rotatable bonds is 6. The van der Waals surface area contributed by atoms with Crippen LogP contribution in [0.4, 0.5) is 0 Å². The minimum Gasteiger partial charge on any atom is -0.248 e. The zero-order valence-corrected chi connectivity index (χ0v) is 25.6. The number of fused-ring (bicyclic) bond motifs is 1. The van der Waals surface area contributed by atoms with Gasteiger partial charge in [-0.15, -0.1) is 0 Å². The van der Waals surface area contributed by atoms with Crippen molar-refractivity contribution in [2.24, 2.45) is 0 Å². The molecule has 5 aromatic carbocycles. The Bertz CT molecular complexity index is 1930. The molecule has 1 nitrogen and oxygen atoms in total. The Hall–Kier alpha value is -5.01. The maximum absolute atomic E-state index is 5.08. The Balaban J connectivity index is 1.52. The van der Waals surface area contributed by atoms with Gasteiger partial charge in [0.25, 0.3) is 0 Å². The van der Waals surface area contributed by atoms with Crippen LogP contribution in [-0.2, 0) is 0 Å². The fourth-order valence-electron chi connectivity index (χ4n) is 5.93. The average Bonchev–Trinajstić information content (AvgIpc) is 3.05. The van der Waals surface area contributed by atoms with Gasteiger partial charge in [-0.3, -0.25) is 0 Å². The smallest absolute Gasteiger partial charge is 0.0715 e. The van der Waals surface area contributed by atoms with E-state index in [2.05, 4.69) is 156 Å². The summed E-state index contributed by atoms with van der Waals surface area (Å²) in [6, 6.07) is 41.2. The molecule has 0 aliphatic rings. The molecular formula is C42H37N. The molecule has 0 aliphatic carbocycles. The molecule has 0 bridgehead atoms. The van der Waals surface area contributed by atoms with Gasteiger partial charge in [-0.05, 0) is 114 Å². The number of hydrogen-bond acceptors (Lipinski definition) is 1. The van der Waals surface area contributed by atoms with Gasteiger partial charge in [-0.25, -0.2) is 4.98 Å². The minimum atomic E-state index is 0.974. The summed E-state index contributed by atoms with van der Waals surface area (Å²) in [5.74, 6) is 0.